The van der Waals surface area contributed by atoms with Gasteiger partial charge in [0.1, 0.15) is 5.75 Å². The van der Waals surface area contributed by atoms with Crippen molar-refractivity contribution in [3.63, 3.8) is 0 Å². The maximum Gasteiger partial charge on any atom is 0.244 e. The number of benzene rings is 2. The van der Waals surface area contributed by atoms with Crippen LogP contribution in [-0.4, -0.2) is 24.0 Å². The summed E-state index contributed by atoms with van der Waals surface area (Å²) in [6.07, 6.45) is 15.4. The number of rotatable bonds is 12. The molecule has 0 saturated carbocycles. The molecule has 0 radical (unpaired) electrons. The van der Waals surface area contributed by atoms with Crippen LogP contribution in [0.15, 0.2) is 79.2 Å². The van der Waals surface area contributed by atoms with Crippen molar-refractivity contribution in [2.75, 3.05) is 7.11 Å². The van der Waals surface area contributed by atoms with E-state index in [0.29, 0.717) is 0 Å². The van der Waals surface area contributed by atoms with Gasteiger partial charge in [-0.1, -0.05) is 55.8 Å². The zero-order valence-corrected chi connectivity index (χ0v) is 20.6. The number of ether oxygens (including phenoxy) is 1. The van der Waals surface area contributed by atoms with Crippen molar-refractivity contribution < 1.29 is 9.53 Å². The van der Waals surface area contributed by atoms with E-state index in [-0.39, 0.29) is 11.9 Å². The van der Waals surface area contributed by atoms with Crippen LogP contribution in [0, 0.1) is 0 Å². The second kappa shape index (κ2) is 13.3. The fourth-order valence-corrected chi connectivity index (χ4v) is 4.11. The molecule has 178 valence electrons. The van der Waals surface area contributed by atoms with E-state index in [1.807, 2.05) is 24.4 Å². The van der Waals surface area contributed by atoms with Crippen molar-refractivity contribution in [2.45, 2.75) is 58.4 Å². The molecule has 4 heteroatoms. The average molecular weight is 457 g/mol. The quantitative estimate of drug-likeness (QED) is 0.238. The van der Waals surface area contributed by atoms with Gasteiger partial charge in [0.15, 0.2) is 0 Å². The van der Waals surface area contributed by atoms with E-state index in [4.69, 9.17) is 4.74 Å². The first-order chi connectivity index (χ1) is 16.6. The summed E-state index contributed by atoms with van der Waals surface area (Å²) in [5.41, 5.74) is 3.66. The molecule has 34 heavy (non-hydrogen) atoms. The second-order valence-electron chi connectivity index (χ2n) is 8.71. The molecule has 3 aromatic rings. The molecule has 1 heterocycles. The summed E-state index contributed by atoms with van der Waals surface area (Å²) < 4.78 is 5.45. The van der Waals surface area contributed by atoms with Gasteiger partial charge in [-0.2, -0.15) is 0 Å². The summed E-state index contributed by atoms with van der Waals surface area (Å²) in [5.74, 6) is 0.793. The zero-order chi connectivity index (χ0) is 24.2. The third kappa shape index (κ3) is 7.58. The van der Waals surface area contributed by atoms with Crippen LogP contribution in [0.1, 0.15) is 57.1 Å². The number of carbonyl (C=O) groups excluding carboxylic acids is 1. The summed E-state index contributed by atoms with van der Waals surface area (Å²) >= 11 is 0. The Morgan fingerprint density at radius 3 is 2.79 bits per heavy atom. The Kier molecular flexibility index (Phi) is 9.90. The lowest BCUT2D eigenvalue weighted by molar-refractivity contribution is -0.117. The van der Waals surface area contributed by atoms with Crippen LogP contribution in [0.4, 0.5) is 0 Å². The fraction of sp³-hybridized carbons (Fsp3) is 0.333. The van der Waals surface area contributed by atoms with Gasteiger partial charge in [0, 0.05) is 24.5 Å². The Labute approximate surface area is 203 Å². The van der Waals surface area contributed by atoms with Gasteiger partial charge in [0.2, 0.25) is 5.91 Å². The topological polar surface area (TPSA) is 51.2 Å². The number of carbonyl (C=O) groups is 1. The third-order valence-corrected chi connectivity index (χ3v) is 5.99. The van der Waals surface area contributed by atoms with E-state index in [0.717, 1.165) is 44.3 Å². The number of hydrogen-bond acceptors (Lipinski definition) is 3. The molecule has 0 fully saturated rings. The molecule has 0 aliphatic heterocycles. The molecule has 0 aliphatic carbocycles. The zero-order valence-electron chi connectivity index (χ0n) is 20.6. The van der Waals surface area contributed by atoms with E-state index in [1.54, 1.807) is 19.4 Å². The smallest absolute Gasteiger partial charge is 0.244 e. The minimum absolute atomic E-state index is 0.0560. The number of pyridine rings is 1. The van der Waals surface area contributed by atoms with Gasteiger partial charge in [-0.15, -0.1) is 0 Å². The van der Waals surface area contributed by atoms with E-state index >= 15 is 0 Å². The van der Waals surface area contributed by atoms with E-state index in [1.165, 1.54) is 27.5 Å². The van der Waals surface area contributed by atoms with Gasteiger partial charge in [-0.3, -0.25) is 9.78 Å². The van der Waals surface area contributed by atoms with Crippen LogP contribution in [0.5, 0.6) is 5.75 Å². The Morgan fingerprint density at radius 1 is 1.15 bits per heavy atom. The fourth-order valence-electron chi connectivity index (χ4n) is 4.11. The molecule has 0 unspecified atom stereocenters. The standard InChI is InChI=1S/C30H36N2O2/c1-4-5-13-25(28-16-7-14-26-18-19-27(34-3)21-29(26)28)15-8-17-30(33)32-23(2)10-6-11-24-12-9-20-31-22-24/h7-9,12,14-23H,4-6,10-11,13H2,1-3H3,(H,32,33)/b17-8+,25-15+/t23-/m1/s1. The molecule has 0 spiro atoms. The van der Waals surface area contributed by atoms with Gasteiger partial charge >= 0.3 is 0 Å². The highest BCUT2D eigenvalue weighted by molar-refractivity contribution is 5.95. The van der Waals surface area contributed by atoms with E-state index in [9.17, 15) is 4.79 Å². The molecular formula is C30H36N2O2. The summed E-state index contributed by atoms with van der Waals surface area (Å²) in [4.78, 5) is 16.6. The lowest BCUT2D eigenvalue weighted by atomic mass is 9.94. The maximum atomic E-state index is 12.5. The highest BCUT2D eigenvalue weighted by atomic mass is 16.5. The van der Waals surface area contributed by atoms with Crippen molar-refractivity contribution in [2.24, 2.45) is 0 Å². The van der Waals surface area contributed by atoms with Crippen molar-refractivity contribution in [3.8, 4) is 5.75 Å². The largest absolute Gasteiger partial charge is 0.497 e. The number of unbranched alkanes of at least 4 members (excludes halogenated alkanes) is 1. The number of nitrogens with one attached hydrogen (secondary N) is 1. The third-order valence-electron chi connectivity index (χ3n) is 5.99. The lowest BCUT2D eigenvalue weighted by Crippen LogP contribution is -2.31. The molecule has 1 aromatic heterocycles. The van der Waals surface area contributed by atoms with Gasteiger partial charge in [-0.25, -0.2) is 0 Å². The van der Waals surface area contributed by atoms with Crippen molar-refractivity contribution >= 4 is 22.3 Å². The number of allylic oxidation sites excluding steroid dienone is 3. The molecule has 1 atom stereocenters. The predicted octanol–water partition coefficient (Wildman–Crippen LogP) is 6.90. The van der Waals surface area contributed by atoms with Gasteiger partial charge in [-0.05, 0) is 84.7 Å². The normalized spacial score (nSPS) is 12.7. The Hall–Kier alpha value is -3.40. The summed E-state index contributed by atoms with van der Waals surface area (Å²) in [5, 5.41) is 5.43. The number of aryl methyl sites for hydroxylation is 1. The predicted molar refractivity (Wildman–Crippen MR) is 142 cm³/mol. The van der Waals surface area contributed by atoms with Crippen LogP contribution in [0.25, 0.3) is 16.3 Å². The number of aromatic nitrogens is 1. The monoisotopic (exact) mass is 456 g/mol. The number of fused-ring (bicyclic) bond motifs is 1. The van der Waals surface area contributed by atoms with Crippen LogP contribution >= 0.6 is 0 Å². The van der Waals surface area contributed by atoms with Gasteiger partial charge in [0.25, 0.3) is 0 Å². The van der Waals surface area contributed by atoms with Crippen LogP contribution in [-0.2, 0) is 11.2 Å². The molecular weight excluding hydrogens is 420 g/mol. The van der Waals surface area contributed by atoms with Crippen molar-refractivity contribution in [3.05, 3.63) is 90.3 Å². The van der Waals surface area contributed by atoms with Crippen LogP contribution < -0.4 is 10.1 Å². The minimum atomic E-state index is -0.0560. The average Bonchev–Trinajstić information content (AvgIpc) is 2.86. The maximum absolute atomic E-state index is 12.5. The molecule has 1 amide bonds. The molecule has 4 nitrogen and oxygen atoms in total. The second-order valence-corrected chi connectivity index (χ2v) is 8.71. The van der Waals surface area contributed by atoms with Crippen LogP contribution in [0.3, 0.4) is 0 Å². The van der Waals surface area contributed by atoms with E-state index < -0.39 is 0 Å². The summed E-state index contributed by atoms with van der Waals surface area (Å²) in [6, 6.07) is 16.7. The molecule has 0 bridgehead atoms. The first kappa shape index (κ1) is 25.2. The first-order valence-electron chi connectivity index (χ1n) is 12.2. The number of nitrogens with zero attached hydrogens (tertiary/aromatic N) is 1. The van der Waals surface area contributed by atoms with E-state index in [2.05, 4.69) is 66.6 Å². The number of hydrogen-bond donors (Lipinski definition) is 1. The molecule has 2 aromatic carbocycles. The summed E-state index contributed by atoms with van der Waals surface area (Å²) in [7, 11) is 1.69. The first-order valence-corrected chi connectivity index (χ1v) is 12.2. The van der Waals surface area contributed by atoms with Crippen molar-refractivity contribution in [1.29, 1.82) is 0 Å². The Morgan fingerprint density at radius 2 is 2.03 bits per heavy atom. The number of amides is 1. The molecule has 1 N–H and O–H groups in total. The van der Waals surface area contributed by atoms with Crippen LogP contribution in [0.2, 0.25) is 0 Å². The van der Waals surface area contributed by atoms with Crippen molar-refractivity contribution in [1.82, 2.24) is 10.3 Å². The SMILES string of the molecule is CCCC/C(=C\C=C\C(=O)N[C@H](C)CCCc1cccnc1)c1cccc2ccc(OC)cc12. The Bertz CT molecular complexity index is 1120. The minimum Gasteiger partial charge on any atom is -0.497 e. The molecule has 0 aliphatic rings. The van der Waals surface area contributed by atoms with Gasteiger partial charge in [0.05, 0.1) is 7.11 Å². The lowest BCUT2D eigenvalue weighted by Gasteiger charge is -2.13. The molecule has 0 saturated heterocycles. The number of methoxy groups -OCH3 is 1. The highest BCUT2D eigenvalue weighted by Gasteiger charge is 2.08. The van der Waals surface area contributed by atoms with Gasteiger partial charge < -0.3 is 10.1 Å². The summed E-state index contributed by atoms with van der Waals surface area (Å²) in [6.45, 7) is 4.25. The Balaban J connectivity index is 1.64. The highest BCUT2D eigenvalue weighted by Crippen LogP contribution is 2.31. The molecule has 3 rings (SSSR count).